The van der Waals surface area contributed by atoms with Crippen LogP contribution in [0.4, 0.5) is 0 Å². The van der Waals surface area contributed by atoms with Crippen LogP contribution >= 0.6 is 0 Å². The molecule has 0 unspecified atom stereocenters. The summed E-state index contributed by atoms with van der Waals surface area (Å²) in [6, 6.07) is 8.65. The van der Waals surface area contributed by atoms with E-state index in [2.05, 4.69) is 90.0 Å². The molecule has 0 aromatic carbocycles. The van der Waals surface area contributed by atoms with Crippen molar-refractivity contribution >= 4 is 16.1 Å². The Morgan fingerprint density at radius 3 is 0.943 bits per heavy atom. The van der Waals surface area contributed by atoms with Crippen molar-refractivity contribution < 1.29 is 0 Å². The maximum Gasteiger partial charge on any atom is 0.0733 e. The number of unbranched alkanes of at least 4 members (excludes halogenated alkanes) is 4. The quantitative estimate of drug-likeness (QED) is 0.124. The topological polar surface area (TPSA) is 26.0 Å². The first-order valence-electron chi connectivity index (χ1n) is 15.8. The predicted molar refractivity (Wildman–Crippen MR) is 170 cm³/mol. The van der Waals surface area contributed by atoms with Gasteiger partial charge in [-0.25, -0.2) is 0 Å². The molecule has 0 rings (SSSR count). The van der Waals surface area contributed by atoms with Gasteiger partial charge in [0, 0.05) is 4.79 Å². The van der Waals surface area contributed by atoms with E-state index in [-0.39, 0.29) is 4.79 Å². The Balaban J connectivity index is 7.19. The van der Waals surface area contributed by atoms with Crippen molar-refractivity contribution in [2.24, 2.45) is 41.2 Å². The fourth-order valence-corrected chi connectivity index (χ4v) is 28.7. The maximum absolute atomic E-state index is 8.38. The van der Waals surface area contributed by atoms with E-state index in [1.54, 1.807) is 0 Å². The van der Waals surface area contributed by atoms with Gasteiger partial charge in [0.25, 0.3) is 0 Å². The molecule has 0 atom stereocenters. The third-order valence-electron chi connectivity index (χ3n) is 8.36. The molecule has 1 nitrogen and oxygen atoms in total. The third kappa shape index (κ3) is 11.3. The van der Waals surface area contributed by atoms with E-state index in [0.717, 1.165) is 35.5 Å². The Labute approximate surface area is 226 Å². The van der Waals surface area contributed by atoms with E-state index >= 15 is 0 Å². The van der Waals surface area contributed by atoms with Gasteiger partial charge in [0.2, 0.25) is 0 Å². The van der Waals surface area contributed by atoms with Crippen molar-refractivity contribution in [3.05, 3.63) is 0 Å². The van der Waals surface area contributed by atoms with Gasteiger partial charge in [0.05, 0.1) is 16.1 Å². The van der Waals surface area contributed by atoms with Crippen LogP contribution in [-0.2, 0) is 0 Å². The van der Waals surface area contributed by atoms with Gasteiger partial charge in [0.1, 0.15) is 0 Å². The van der Waals surface area contributed by atoms with Crippen molar-refractivity contribution in [3.8, 4) is 0 Å². The lowest BCUT2D eigenvalue weighted by molar-refractivity contribution is 0.505. The summed E-state index contributed by atoms with van der Waals surface area (Å²) in [5.74, 6) is 4.53. The molecule has 0 aliphatic carbocycles. The summed E-state index contributed by atoms with van der Waals surface area (Å²) in [6.07, 6.45) is 8.19. The highest BCUT2D eigenvalue weighted by Gasteiger charge is 2.61. The summed E-state index contributed by atoms with van der Waals surface area (Å²) in [5, 5.41) is 0. The second-order valence-electron chi connectivity index (χ2n) is 15.3. The molecule has 0 amide bonds. The molecule has 0 aromatic heterocycles. The summed E-state index contributed by atoms with van der Waals surface area (Å²) in [6.45, 7) is 32.3. The number of nitrogens with two attached hydrogens (primary N) is 1. The Morgan fingerprint density at radius 1 is 0.457 bits per heavy atom. The highest BCUT2D eigenvalue weighted by Crippen LogP contribution is 2.51. The van der Waals surface area contributed by atoms with Crippen LogP contribution in [0.1, 0.15) is 129 Å². The van der Waals surface area contributed by atoms with Crippen LogP contribution in [0, 0.1) is 35.5 Å². The molecule has 0 aliphatic heterocycles. The molecule has 212 valence electrons. The van der Waals surface area contributed by atoms with Crippen molar-refractivity contribution in [1.82, 2.24) is 0 Å². The van der Waals surface area contributed by atoms with Crippen LogP contribution in [0.2, 0.25) is 36.3 Å². The van der Waals surface area contributed by atoms with Crippen LogP contribution < -0.4 is 5.73 Å². The summed E-state index contributed by atoms with van der Waals surface area (Å²) in [4.78, 5) is 0.143. The third-order valence-corrected chi connectivity index (χ3v) is 25.4. The standard InChI is InChI=1S/C32H71NSi2/c1-14-15-16-17-18-19-32(33,34(20-26(2)3,21-27(4)5)22-28(6)7)35(23-29(8)9,24-30(10)11)25-31(12)13/h26-31H,14-25,33H2,1-13H3. The van der Waals surface area contributed by atoms with Gasteiger partial charge in [-0.3, -0.25) is 0 Å². The zero-order valence-electron chi connectivity index (χ0n) is 27.0. The van der Waals surface area contributed by atoms with Crippen LogP contribution in [-0.4, -0.2) is 20.9 Å². The van der Waals surface area contributed by atoms with Gasteiger partial charge >= 0.3 is 0 Å². The molecule has 0 aliphatic rings. The lowest BCUT2D eigenvalue weighted by Gasteiger charge is -2.61. The molecule has 0 radical (unpaired) electrons. The lowest BCUT2D eigenvalue weighted by atomic mass is 10.1. The molecule has 35 heavy (non-hydrogen) atoms. The highest BCUT2D eigenvalue weighted by molar-refractivity contribution is 7.02. The summed E-state index contributed by atoms with van der Waals surface area (Å²) in [7, 11) is -3.61. The van der Waals surface area contributed by atoms with E-state index in [9.17, 15) is 0 Å². The molecule has 2 N–H and O–H groups in total. The molecule has 3 heteroatoms. The summed E-state index contributed by atoms with van der Waals surface area (Å²) in [5.41, 5.74) is 8.38. The SMILES string of the molecule is CCCCCCCC(N)([Si](CC(C)C)(CC(C)C)CC(C)C)[Si](CC(C)C)(CC(C)C)CC(C)C. The minimum Gasteiger partial charge on any atom is -0.330 e. The first-order chi connectivity index (χ1) is 16.1. The lowest BCUT2D eigenvalue weighted by Crippen LogP contribution is -2.79. The summed E-state index contributed by atoms with van der Waals surface area (Å²) < 4.78 is 0. The second kappa shape index (κ2) is 16.4. The van der Waals surface area contributed by atoms with Crippen molar-refractivity contribution in [1.29, 1.82) is 0 Å². The van der Waals surface area contributed by atoms with Crippen molar-refractivity contribution in [2.75, 3.05) is 0 Å². The number of hydrogen-bond donors (Lipinski definition) is 1. The fourth-order valence-electron chi connectivity index (χ4n) is 8.38. The van der Waals surface area contributed by atoms with Gasteiger partial charge in [-0.2, -0.15) is 0 Å². The van der Waals surface area contributed by atoms with Gasteiger partial charge in [-0.05, 0) is 41.9 Å². The Bertz CT molecular complexity index is 445. The predicted octanol–water partition coefficient (Wildman–Crippen LogP) is 11.0. The first kappa shape index (κ1) is 35.4. The molecule has 0 saturated carbocycles. The van der Waals surface area contributed by atoms with Crippen LogP contribution in [0.5, 0.6) is 0 Å². The van der Waals surface area contributed by atoms with E-state index < -0.39 is 16.1 Å². The summed E-state index contributed by atoms with van der Waals surface area (Å²) >= 11 is 0. The Morgan fingerprint density at radius 2 is 0.714 bits per heavy atom. The fraction of sp³-hybridized carbons (Fsp3) is 1.00. The molecule has 0 spiro atoms. The largest absolute Gasteiger partial charge is 0.330 e. The minimum atomic E-state index is -1.80. The normalized spacial score (nSPS) is 14.1. The average molecular weight is 526 g/mol. The highest BCUT2D eigenvalue weighted by atomic mass is 28.4. The van der Waals surface area contributed by atoms with Crippen LogP contribution in [0.25, 0.3) is 0 Å². The Kier molecular flexibility index (Phi) is 16.6. The molecule has 0 bridgehead atoms. The number of rotatable bonds is 20. The van der Waals surface area contributed by atoms with E-state index in [4.69, 9.17) is 5.73 Å². The molecular weight excluding hydrogens is 455 g/mol. The zero-order chi connectivity index (χ0) is 27.4. The molecule has 0 fully saturated rings. The molecule has 0 heterocycles. The van der Waals surface area contributed by atoms with Crippen molar-refractivity contribution in [3.63, 3.8) is 0 Å². The van der Waals surface area contributed by atoms with Crippen molar-refractivity contribution in [2.45, 2.75) is 170 Å². The van der Waals surface area contributed by atoms with Gasteiger partial charge in [0.15, 0.2) is 0 Å². The first-order valence-corrected chi connectivity index (χ1v) is 21.1. The zero-order valence-corrected chi connectivity index (χ0v) is 29.0. The average Bonchev–Trinajstić information content (AvgIpc) is 2.63. The smallest absolute Gasteiger partial charge is 0.0733 e. The van der Waals surface area contributed by atoms with Gasteiger partial charge < -0.3 is 5.73 Å². The van der Waals surface area contributed by atoms with E-state index in [1.165, 1.54) is 74.8 Å². The van der Waals surface area contributed by atoms with Gasteiger partial charge in [-0.15, -0.1) is 0 Å². The van der Waals surface area contributed by atoms with Crippen LogP contribution in [0.3, 0.4) is 0 Å². The van der Waals surface area contributed by atoms with Gasteiger partial charge in [-0.1, -0.05) is 158 Å². The van der Waals surface area contributed by atoms with Crippen LogP contribution in [0.15, 0.2) is 0 Å². The molecule has 0 saturated heterocycles. The Hall–Kier alpha value is 0.394. The molecular formula is C32H71NSi2. The molecule has 0 aromatic rings. The second-order valence-corrected chi connectivity index (χ2v) is 25.1. The van der Waals surface area contributed by atoms with E-state index in [1.807, 2.05) is 0 Å². The van der Waals surface area contributed by atoms with E-state index in [0.29, 0.717) is 0 Å². The monoisotopic (exact) mass is 526 g/mol. The number of hydrogen-bond acceptors (Lipinski definition) is 1. The minimum absolute atomic E-state index is 0.143. The maximum atomic E-state index is 8.38.